The first-order valence-electron chi connectivity index (χ1n) is 6.66. The van der Waals surface area contributed by atoms with Crippen molar-refractivity contribution < 1.29 is 19.0 Å². The van der Waals surface area contributed by atoms with Crippen molar-refractivity contribution in [2.75, 3.05) is 21.3 Å². The van der Waals surface area contributed by atoms with Gasteiger partial charge in [-0.05, 0) is 18.2 Å². The third-order valence-corrected chi connectivity index (χ3v) is 3.15. The summed E-state index contributed by atoms with van der Waals surface area (Å²) < 4.78 is 17.4. The molecule has 1 aromatic carbocycles. The Kier molecular flexibility index (Phi) is 4.88. The van der Waals surface area contributed by atoms with E-state index in [0.717, 1.165) is 5.69 Å². The van der Waals surface area contributed by atoms with E-state index in [1.54, 1.807) is 16.8 Å². The number of carbonyl (C=O) groups excluding carboxylic acids is 1. The van der Waals surface area contributed by atoms with Crippen LogP contribution in [0.5, 0.6) is 17.2 Å². The van der Waals surface area contributed by atoms with Gasteiger partial charge in [0.15, 0.2) is 11.5 Å². The standard InChI is InChI=1S/C15H19N3O4/c1-18-8-7-10(17-18)9-16-15(19)11-5-6-12(20-2)14(22-4)13(11)21-3/h5-8H,9H2,1-4H3,(H,16,19). The summed E-state index contributed by atoms with van der Waals surface area (Å²) in [7, 11) is 6.32. The van der Waals surface area contributed by atoms with E-state index in [4.69, 9.17) is 14.2 Å². The van der Waals surface area contributed by atoms with E-state index >= 15 is 0 Å². The van der Waals surface area contributed by atoms with Crippen LogP contribution in [-0.4, -0.2) is 37.0 Å². The number of rotatable bonds is 6. The molecule has 1 N–H and O–H groups in total. The van der Waals surface area contributed by atoms with Crippen molar-refractivity contribution in [3.8, 4) is 17.2 Å². The minimum atomic E-state index is -0.275. The second-order valence-corrected chi connectivity index (χ2v) is 4.55. The van der Waals surface area contributed by atoms with Crippen LogP contribution in [0, 0.1) is 0 Å². The van der Waals surface area contributed by atoms with Crippen molar-refractivity contribution in [2.24, 2.45) is 7.05 Å². The summed E-state index contributed by atoms with van der Waals surface area (Å²) in [5, 5.41) is 7.01. The van der Waals surface area contributed by atoms with E-state index < -0.39 is 0 Å². The fraction of sp³-hybridized carbons (Fsp3) is 0.333. The molecule has 1 aromatic heterocycles. The normalized spacial score (nSPS) is 10.2. The van der Waals surface area contributed by atoms with Gasteiger partial charge in [0, 0.05) is 13.2 Å². The van der Waals surface area contributed by atoms with Crippen LogP contribution in [0.4, 0.5) is 0 Å². The van der Waals surface area contributed by atoms with Crippen molar-refractivity contribution in [2.45, 2.75) is 6.54 Å². The van der Waals surface area contributed by atoms with Crippen LogP contribution in [0.2, 0.25) is 0 Å². The molecule has 0 fully saturated rings. The Bertz CT molecular complexity index is 667. The van der Waals surface area contributed by atoms with E-state index in [9.17, 15) is 4.79 Å². The van der Waals surface area contributed by atoms with Gasteiger partial charge in [0.1, 0.15) is 0 Å². The number of nitrogens with zero attached hydrogens (tertiary/aromatic N) is 2. The van der Waals surface area contributed by atoms with Crippen molar-refractivity contribution in [3.05, 3.63) is 35.7 Å². The van der Waals surface area contributed by atoms with E-state index in [0.29, 0.717) is 29.4 Å². The lowest BCUT2D eigenvalue weighted by Gasteiger charge is -2.15. The number of carbonyl (C=O) groups is 1. The molecule has 7 heteroatoms. The maximum Gasteiger partial charge on any atom is 0.255 e. The monoisotopic (exact) mass is 305 g/mol. The number of nitrogens with one attached hydrogen (secondary N) is 1. The molecule has 2 aromatic rings. The molecule has 7 nitrogen and oxygen atoms in total. The van der Waals surface area contributed by atoms with Crippen LogP contribution >= 0.6 is 0 Å². The molecule has 2 rings (SSSR count). The lowest BCUT2D eigenvalue weighted by atomic mass is 10.1. The third-order valence-electron chi connectivity index (χ3n) is 3.15. The Balaban J connectivity index is 2.21. The second-order valence-electron chi connectivity index (χ2n) is 4.55. The van der Waals surface area contributed by atoms with Gasteiger partial charge in [-0.2, -0.15) is 5.10 Å². The molecule has 0 spiro atoms. The van der Waals surface area contributed by atoms with Crippen molar-refractivity contribution >= 4 is 5.91 Å². The van der Waals surface area contributed by atoms with Gasteiger partial charge in [-0.3, -0.25) is 9.48 Å². The molecule has 0 aliphatic heterocycles. The number of hydrogen-bond donors (Lipinski definition) is 1. The first kappa shape index (κ1) is 15.7. The molecule has 0 radical (unpaired) electrons. The Morgan fingerprint density at radius 1 is 1.14 bits per heavy atom. The second kappa shape index (κ2) is 6.84. The summed E-state index contributed by atoms with van der Waals surface area (Å²) in [4.78, 5) is 12.4. The average Bonchev–Trinajstić information content (AvgIpc) is 2.96. The highest BCUT2D eigenvalue weighted by Gasteiger charge is 2.20. The molecule has 0 aliphatic rings. The molecule has 1 heterocycles. The highest BCUT2D eigenvalue weighted by atomic mass is 16.5. The lowest BCUT2D eigenvalue weighted by molar-refractivity contribution is 0.0946. The summed E-state index contributed by atoms with van der Waals surface area (Å²) in [5.41, 5.74) is 1.14. The molecular weight excluding hydrogens is 286 g/mol. The average molecular weight is 305 g/mol. The van der Waals surface area contributed by atoms with E-state index in [2.05, 4.69) is 10.4 Å². The summed E-state index contributed by atoms with van der Waals surface area (Å²) in [6, 6.07) is 5.14. The van der Waals surface area contributed by atoms with Crippen molar-refractivity contribution in [1.29, 1.82) is 0 Å². The first-order chi connectivity index (χ1) is 10.6. The largest absolute Gasteiger partial charge is 0.493 e. The number of ether oxygens (including phenoxy) is 3. The van der Waals surface area contributed by atoms with Crippen LogP contribution < -0.4 is 19.5 Å². The zero-order chi connectivity index (χ0) is 16.1. The van der Waals surface area contributed by atoms with Crippen molar-refractivity contribution in [1.82, 2.24) is 15.1 Å². The molecule has 0 unspecified atom stereocenters. The molecule has 118 valence electrons. The van der Waals surface area contributed by atoms with Crippen LogP contribution in [0.25, 0.3) is 0 Å². The number of amides is 1. The van der Waals surface area contributed by atoms with Crippen LogP contribution in [0.1, 0.15) is 16.1 Å². The van der Waals surface area contributed by atoms with Gasteiger partial charge in [0.2, 0.25) is 5.75 Å². The Morgan fingerprint density at radius 2 is 1.86 bits per heavy atom. The predicted octanol–water partition coefficient (Wildman–Crippen LogP) is 1.38. The highest BCUT2D eigenvalue weighted by Crippen LogP contribution is 2.39. The molecule has 0 aliphatic carbocycles. The van der Waals surface area contributed by atoms with Crippen molar-refractivity contribution in [3.63, 3.8) is 0 Å². The lowest BCUT2D eigenvalue weighted by Crippen LogP contribution is -2.23. The SMILES string of the molecule is COc1ccc(C(=O)NCc2ccn(C)n2)c(OC)c1OC. The predicted molar refractivity (Wildman–Crippen MR) is 80.5 cm³/mol. The van der Waals surface area contributed by atoms with Gasteiger partial charge in [-0.25, -0.2) is 0 Å². The molecule has 22 heavy (non-hydrogen) atoms. The van der Waals surface area contributed by atoms with Gasteiger partial charge in [0.05, 0.1) is 39.1 Å². The zero-order valence-corrected chi connectivity index (χ0v) is 13.0. The summed E-state index contributed by atoms with van der Waals surface area (Å²) >= 11 is 0. The fourth-order valence-electron chi connectivity index (χ4n) is 2.10. The Morgan fingerprint density at radius 3 is 2.41 bits per heavy atom. The molecule has 0 saturated heterocycles. The quantitative estimate of drug-likeness (QED) is 0.872. The maximum atomic E-state index is 12.4. The third kappa shape index (κ3) is 3.13. The zero-order valence-electron chi connectivity index (χ0n) is 13.0. The first-order valence-corrected chi connectivity index (χ1v) is 6.66. The smallest absolute Gasteiger partial charge is 0.255 e. The van der Waals surface area contributed by atoms with E-state index in [-0.39, 0.29) is 5.91 Å². The van der Waals surface area contributed by atoms with Gasteiger partial charge < -0.3 is 19.5 Å². The molecule has 0 saturated carbocycles. The topological polar surface area (TPSA) is 74.6 Å². The Labute approximate surface area is 128 Å². The van der Waals surface area contributed by atoms with Crippen LogP contribution in [-0.2, 0) is 13.6 Å². The molecule has 0 bridgehead atoms. The number of methoxy groups -OCH3 is 3. The number of aromatic nitrogens is 2. The summed E-state index contributed by atoms with van der Waals surface area (Å²) in [6.45, 7) is 0.331. The number of aryl methyl sites for hydroxylation is 1. The van der Waals surface area contributed by atoms with E-state index in [1.165, 1.54) is 21.3 Å². The number of hydrogen-bond acceptors (Lipinski definition) is 5. The van der Waals surface area contributed by atoms with Crippen LogP contribution in [0.15, 0.2) is 24.4 Å². The summed E-state index contributed by atoms with van der Waals surface area (Å²) in [6.07, 6.45) is 1.82. The summed E-state index contributed by atoms with van der Waals surface area (Å²) in [5.74, 6) is 0.944. The molecule has 1 amide bonds. The Hall–Kier alpha value is -2.70. The van der Waals surface area contributed by atoms with Gasteiger partial charge >= 0.3 is 0 Å². The molecular formula is C15H19N3O4. The highest BCUT2D eigenvalue weighted by molar-refractivity contribution is 5.98. The van der Waals surface area contributed by atoms with Gasteiger partial charge in [0.25, 0.3) is 5.91 Å². The fourth-order valence-corrected chi connectivity index (χ4v) is 2.10. The van der Waals surface area contributed by atoms with E-state index in [1.807, 2.05) is 19.3 Å². The van der Waals surface area contributed by atoms with Gasteiger partial charge in [-0.15, -0.1) is 0 Å². The maximum absolute atomic E-state index is 12.4. The minimum absolute atomic E-state index is 0.275. The molecule has 0 atom stereocenters. The van der Waals surface area contributed by atoms with Crippen LogP contribution in [0.3, 0.4) is 0 Å². The minimum Gasteiger partial charge on any atom is -0.493 e. The number of benzene rings is 1. The van der Waals surface area contributed by atoms with Gasteiger partial charge in [-0.1, -0.05) is 0 Å².